The average molecular weight is 381 g/mol. The van der Waals surface area contributed by atoms with E-state index < -0.39 is 16.8 Å². The predicted molar refractivity (Wildman–Crippen MR) is 105 cm³/mol. The Labute approximate surface area is 158 Å². The van der Waals surface area contributed by atoms with E-state index in [4.69, 9.17) is 9.84 Å². The molecular weight excluding hydrogens is 354 g/mol. The summed E-state index contributed by atoms with van der Waals surface area (Å²) in [5.41, 5.74) is -0.402. The zero-order valence-electron chi connectivity index (χ0n) is 15.5. The van der Waals surface area contributed by atoms with E-state index in [9.17, 15) is 14.4 Å². The summed E-state index contributed by atoms with van der Waals surface area (Å²) in [5, 5.41) is 11.5. The van der Waals surface area contributed by atoms with Gasteiger partial charge in [0, 0.05) is 24.7 Å². The number of ether oxygens (including phenoxy) is 1. The number of carboxylic acids is 1. The molecule has 0 radical (unpaired) electrons. The van der Waals surface area contributed by atoms with Gasteiger partial charge >= 0.3 is 5.97 Å². The summed E-state index contributed by atoms with van der Waals surface area (Å²) < 4.78 is 5.12. The van der Waals surface area contributed by atoms with Gasteiger partial charge in [0.1, 0.15) is 0 Å². The van der Waals surface area contributed by atoms with Crippen LogP contribution < -0.4 is 15.6 Å². The third kappa shape index (κ3) is 7.07. The largest absolute Gasteiger partial charge is 0.489 e. The van der Waals surface area contributed by atoms with Crippen LogP contribution in [0.4, 0.5) is 0 Å². The maximum atomic E-state index is 10.8. The molecule has 0 fully saturated rings. The molecule has 1 N–H and O–H groups in total. The zero-order valence-corrected chi connectivity index (χ0v) is 16.3. The predicted octanol–water partition coefficient (Wildman–Crippen LogP) is 3.39. The lowest BCUT2D eigenvalue weighted by molar-refractivity contribution is -0.137. The molecule has 1 aromatic carbocycles. The molecule has 0 aliphatic carbocycles. The fourth-order valence-electron chi connectivity index (χ4n) is 2.24. The van der Waals surface area contributed by atoms with Crippen molar-refractivity contribution in [3.05, 3.63) is 49.2 Å². The molecule has 26 heavy (non-hydrogen) atoms. The van der Waals surface area contributed by atoms with Crippen molar-refractivity contribution in [3.8, 4) is 5.75 Å². The highest BCUT2D eigenvalue weighted by molar-refractivity contribution is 8.05. The van der Waals surface area contributed by atoms with E-state index in [0.29, 0.717) is 12.2 Å². The Kier molecular flexibility index (Phi) is 9.80. The number of hydrogen-bond acceptors (Lipinski definition) is 6. The lowest BCUT2D eigenvalue weighted by Gasteiger charge is -2.15. The molecule has 0 spiro atoms. The quantitative estimate of drug-likeness (QED) is 0.491. The van der Waals surface area contributed by atoms with Crippen LogP contribution in [0.25, 0.3) is 0 Å². The first-order valence-electron chi connectivity index (χ1n) is 8.81. The fourth-order valence-corrected chi connectivity index (χ4v) is 2.90. The number of aliphatic carboxylic acids is 1. The van der Waals surface area contributed by atoms with E-state index in [1.54, 1.807) is 18.7 Å². The Morgan fingerprint density at radius 3 is 2.50 bits per heavy atom. The highest BCUT2D eigenvalue weighted by Gasteiger charge is 2.17. The molecular formula is C19H27NO5S. The maximum Gasteiger partial charge on any atom is 0.303 e. The Bertz CT molecular complexity index is 703. The van der Waals surface area contributed by atoms with Gasteiger partial charge in [0.05, 0.1) is 11.6 Å². The molecule has 0 unspecified atom stereocenters. The van der Waals surface area contributed by atoms with Crippen molar-refractivity contribution in [1.29, 1.82) is 0 Å². The lowest BCUT2D eigenvalue weighted by atomic mass is 10.1. The van der Waals surface area contributed by atoms with E-state index in [1.165, 1.54) is 0 Å². The molecule has 0 bridgehead atoms. The molecule has 0 aromatic heterocycles. The molecule has 1 aliphatic rings. The molecule has 1 aromatic rings. The average Bonchev–Trinajstić information content (AvgIpc) is 3.03. The number of unbranched alkanes of at least 4 members (excludes halogenated alkanes) is 3. The van der Waals surface area contributed by atoms with Crippen LogP contribution in [0, 0.1) is 6.92 Å². The van der Waals surface area contributed by atoms with Crippen molar-refractivity contribution < 1.29 is 14.6 Å². The smallest absolute Gasteiger partial charge is 0.303 e. The first-order chi connectivity index (χ1) is 12.4. The number of nitrogens with zero attached hydrogens (tertiary/aromatic N) is 1. The number of rotatable bonds is 10. The van der Waals surface area contributed by atoms with E-state index in [0.717, 1.165) is 43.7 Å². The third-order valence-corrected chi connectivity index (χ3v) is 4.66. The number of carbonyl (C=O) groups is 1. The van der Waals surface area contributed by atoms with Gasteiger partial charge < -0.3 is 14.7 Å². The summed E-state index contributed by atoms with van der Waals surface area (Å²) in [4.78, 5) is 33.9. The van der Waals surface area contributed by atoms with E-state index >= 15 is 0 Å². The molecule has 1 heterocycles. The first-order valence-corrected chi connectivity index (χ1v) is 9.69. The monoisotopic (exact) mass is 381 g/mol. The molecule has 0 saturated heterocycles. The fraction of sp³-hybridized carbons (Fsp3) is 0.526. The van der Waals surface area contributed by atoms with Crippen LogP contribution in [0.15, 0.2) is 32.8 Å². The van der Waals surface area contributed by atoms with Crippen molar-refractivity contribution in [2.45, 2.75) is 52.4 Å². The molecule has 0 atom stereocenters. The highest BCUT2D eigenvalue weighted by atomic mass is 32.2. The van der Waals surface area contributed by atoms with Crippen LogP contribution >= 0.6 is 11.8 Å². The summed E-state index contributed by atoms with van der Waals surface area (Å²) in [6, 6.07) is 0. The second-order valence-electron chi connectivity index (χ2n) is 6.01. The van der Waals surface area contributed by atoms with Gasteiger partial charge in [0.25, 0.3) is 5.43 Å². The minimum atomic E-state index is -0.703. The van der Waals surface area contributed by atoms with Crippen molar-refractivity contribution in [3.63, 3.8) is 0 Å². The number of thioether (sulfide) groups is 1. The maximum absolute atomic E-state index is 10.8. The summed E-state index contributed by atoms with van der Waals surface area (Å²) in [7, 11) is 0. The first kappa shape index (κ1) is 22.0. The standard InChI is InChI=1S/C10H15NO2S.C9H12O3/c1-9-11(7-8-14-9)6-4-2-3-5-10(12)13;1-3-4-5-12-9-6(2)7(10)8(9)11/h7-8H,1-6H2,(H,12,13);3-5H2,1-2H3. The van der Waals surface area contributed by atoms with Crippen LogP contribution in [0.5, 0.6) is 5.75 Å². The van der Waals surface area contributed by atoms with E-state index in [-0.39, 0.29) is 12.2 Å². The summed E-state index contributed by atoms with van der Waals surface area (Å²) in [6.45, 7) is 9.03. The SMILES string of the molecule is C=C1SC=CN1CCCCCC(=O)O.CCCCOc1c(C)c(=O)c1=O. The molecule has 2 rings (SSSR count). The molecule has 144 valence electrons. The van der Waals surface area contributed by atoms with E-state index in [2.05, 4.69) is 11.5 Å². The Hall–Kier alpha value is -2.02. The highest BCUT2D eigenvalue weighted by Crippen LogP contribution is 2.27. The molecule has 0 amide bonds. The third-order valence-electron chi connectivity index (χ3n) is 3.89. The second-order valence-corrected chi connectivity index (χ2v) is 6.99. The molecule has 1 aliphatic heterocycles. The summed E-state index contributed by atoms with van der Waals surface area (Å²) >= 11 is 1.63. The number of carboxylic acid groups (broad SMARTS) is 1. The second kappa shape index (κ2) is 11.6. The van der Waals surface area contributed by atoms with Crippen LogP contribution in [-0.4, -0.2) is 29.1 Å². The van der Waals surface area contributed by atoms with Crippen LogP contribution in [-0.2, 0) is 4.79 Å². The minimum Gasteiger partial charge on any atom is -0.489 e. The van der Waals surface area contributed by atoms with Gasteiger partial charge in [-0.3, -0.25) is 14.4 Å². The van der Waals surface area contributed by atoms with Gasteiger partial charge in [0.15, 0.2) is 5.75 Å². The van der Waals surface area contributed by atoms with Crippen molar-refractivity contribution in [1.82, 2.24) is 4.90 Å². The van der Waals surface area contributed by atoms with Crippen molar-refractivity contribution >= 4 is 17.7 Å². The van der Waals surface area contributed by atoms with Gasteiger partial charge in [0.2, 0.25) is 5.43 Å². The minimum absolute atomic E-state index is 0.272. The lowest BCUT2D eigenvalue weighted by Crippen LogP contribution is -2.35. The van der Waals surface area contributed by atoms with Crippen LogP contribution in [0.3, 0.4) is 0 Å². The van der Waals surface area contributed by atoms with Gasteiger partial charge in [-0.2, -0.15) is 0 Å². The van der Waals surface area contributed by atoms with Crippen molar-refractivity contribution in [2.24, 2.45) is 0 Å². The molecule has 7 heteroatoms. The summed E-state index contributed by atoms with van der Waals surface area (Å²) in [6.07, 6.45) is 7.00. The van der Waals surface area contributed by atoms with Gasteiger partial charge in [-0.25, -0.2) is 0 Å². The number of hydrogen-bond donors (Lipinski definition) is 1. The normalized spacial score (nSPS) is 13.0. The molecule has 0 saturated carbocycles. The molecule has 6 nitrogen and oxygen atoms in total. The van der Waals surface area contributed by atoms with Crippen molar-refractivity contribution in [2.75, 3.05) is 13.2 Å². The van der Waals surface area contributed by atoms with E-state index in [1.807, 2.05) is 18.5 Å². The van der Waals surface area contributed by atoms with Crippen LogP contribution in [0.2, 0.25) is 0 Å². The zero-order chi connectivity index (χ0) is 19.5. The van der Waals surface area contributed by atoms with Gasteiger partial charge in [-0.05, 0) is 31.6 Å². The Morgan fingerprint density at radius 2 is 1.96 bits per heavy atom. The Morgan fingerprint density at radius 1 is 1.23 bits per heavy atom. The Balaban J connectivity index is 0.000000263. The summed E-state index contributed by atoms with van der Waals surface area (Å²) in [5.74, 6) is -0.431. The topological polar surface area (TPSA) is 83.9 Å². The van der Waals surface area contributed by atoms with Gasteiger partial charge in [-0.15, -0.1) is 0 Å². The van der Waals surface area contributed by atoms with Gasteiger partial charge in [-0.1, -0.05) is 38.1 Å². The van der Waals surface area contributed by atoms with Crippen LogP contribution in [0.1, 0.15) is 51.0 Å².